The molecule has 1 aromatic rings. The lowest BCUT2D eigenvalue weighted by Gasteiger charge is -2.06. The predicted octanol–water partition coefficient (Wildman–Crippen LogP) is 1.94. The second-order valence-corrected chi connectivity index (χ2v) is 3.49. The molecule has 0 fully saturated rings. The van der Waals surface area contributed by atoms with Crippen LogP contribution in [0.1, 0.15) is 12.5 Å². The Balaban J connectivity index is 2.60. The molecule has 0 spiro atoms. The van der Waals surface area contributed by atoms with Gasteiger partial charge in [0, 0.05) is 18.4 Å². The highest BCUT2D eigenvalue weighted by molar-refractivity contribution is 5.11. The van der Waals surface area contributed by atoms with Gasteiger partial charge in [-0.2, -0.15) is 13.2 Å². The van der Waals surface area contributed by atoms with Crippen LogP contribution < -0.4 is 5.73 Å². The Kier molecular flexibility index (Phi) is 3.21. The van der Waals surface area contributed by atoms with Crippen molar-refractivity contribution in [3.05, 3.63) is 24.0 Å². The summed E-state index contributed by atoms with van der Waals surface area (Å²) < 4.78 is 37.0. The summed E-state index contributed by atoms with van der Waals surface area (Å²) in [7, 11) is 0. The summed E-state index contributed by atoms with van der Waals surface area (Å²) in [6.07, 6.45) is -0.655. The van der Waals surface area contributed by atoms with Crippen molar-refractivity contribution < 1.29 is 13.2 Å². The zero-order valence-corrected chi connectivity index (χ0v) is 7.88. The molecule has 1 aromatic heterocycles. The number of rotatable bonds is 3. The van der Waals surface area contributed by atoms with Gasteiger partial charge in [-0.15, -0.1) is 0 Å². The molecule has 1 unspecified atom stereocenters. The quantitative estimate of drug-likeness (QED) is 0.805. The van der Waals surface area contributed by atoms with Crippen LogP contribution in [-0.4, -0.2) is 16.8 Å². The highest BCUT2D eigenvalue weighted by Gasteiger charge is 2.27. The Morgan fingerprint density at radius 1 is 1.50 bits per heavy atom. The summed E-state index contributed by atoms with van der Waals surface area (Å²) in [5, 5.41) is 0. The van der Waals surface area contributed by atoms with Gasteiger partial charge in [0.25, 0.3) is 0 Å². The normalized spacial score (nSPS) is 14.4. The minimum atomic E-state index is -4.16. The maximum atomic E-state index is 12.0. The third kappa shape index (κ3) is 3.83. The van der Waals surface area contributed by atoms with Crippen molar-refractivity contribution in [3.63, 3.8) is 0 Å². The van der Waals surface area contributed by atoms with Crippen LogP contribution in [0.2, 0.25) is 0 Å². The molecule has 1 atom stereocenters. The molecule has 0 saturated carbocycles. The van der Waals surface area contributed by atoms with E-state index in [-0.39, 0.29) is 6.04 Å². The minimum Gasteiger partial charge on any atom is -0.345 e. The Hall–Kier alpha value is -0.970. The van der Waals surface area contributed by atoms with E-state index in [2.05, 4.69) is 0 Å². The molecular formula is C9H13F3N2. The Bertz CT molecular complexity index is 288. The SMILES string of the molecule is CC(N)Cc1ccn(CC(F)(F)F)c1. The number of hydrogen-bond acceptors (Lipinski definition) is 1. The average Bonchev–Trinajstić information content (AvgIpc) is 2.30. The zero-order chi connectivity index (χ0) is 10.8. The van der Waals surface area contributed by atoms with E-state index in [0.29, 0.717) is 6.42 Å². The lowest BCUT2D eigenvalue weighted by atomic mass is 10.1. The van der Waals surface area contributed by atoms with Crippen molar-refractivity contribution in [2.75, 3.05) is 0 Å². The summed E-state index contributed by atoms with van der Waals surface area (Å²) in [4.78, 5) is 0. The Labute approximate surface area is 80.5 Å². The number of aromatic nitrogens is 1. The van der Waals surface area contributed by atoms with E-state index in [1.54, 1.807) is 6.07 Å². The third-order valence-corrected chi connectivity index (χ3v) is 1.73. The minimum absolute atomic E-state index is 0.0308. The molecule has 1 rings (SSSR count). The van der Waals surface area contributed by atoms with Gasteiger partial charge in [-0.1, -0.05) is 0 Å². The molecule has 2 nitrogen and oxygen atoms in total. The standard InChI is InChI=1S/C9H13F3N2/c1-7(13)4-8-2-3-14(5-8)6-9(10,11)12/h2-3,5,7H,4,6,13H2,1H3. The molecule has 1 heterocycles. The smallest absolute Gasteiger partial charge is 0.345 e. The lowest BCUT2D eigenvalue weighted by Crippen LogP contribution is -2.18. The van der Waals surface area contributed by atoms with Crippen LogP contribution in [0.4, 0.5) is 13.2 Å². The lowest BCUT2D eigenvalue weighted by molar-refractivity contribution is -0.140. The van der Waals surface area contributed by atoms with Gasteiger partial charge >= 0.3 is 6.18 Å². The molecule has 0 bridgehead atoms. The predicted molar refractivity (Wildman–Crippen MR) is 47.8 cm³/mol. The summed E-state index contributed by atoms with van der Waals surface area (Å²) in [5.74, 6) is 0. The van der Waals surface area contributed by atoms with E-state index in [4.69, 9.17) is 5.73 Å². The van der Waals surface area contributed by atoms with Crippen LogP contribution in [0.3, 0.4) is 0 Å². The number of nitrogens with two attached hydrogens (primary N) is 1. The number of hydrogen-bond donors (Lipinski definition) is 1. The first kappa shape index (κ1) is 11.1. The van der Waals surface area contributed by atoms with Crippen molar-refractivity contribution in [1.82, 2.24) is 4.57 Å². The van der Waals surface area contributed by atoms with E-state index in [1.165, 1.54) is 12.4 Å². The molecule has 0 aliphatic heterocycles. The highest BCUT2D eigenvalue weighted by Crippen LogP contribution is 2.18. The van der Waals surface area contributed by atoms with Crippen LogP contribution in [0.25, 0.3) is 0 Å². The third-order valence-electron chi connectivity index (χ3n) is 1.73. The van der Waals surface area contributed by atoms with Gasteiger partial charge in [0.05, 0.1) is 0 Å². The van der Waals surface area contributed by atoms with Crippen molar-refractivity contribution in [1.29, 1.82) is 0 Å². The zero-order valence-electron chi connectivity index (χ0n) is 7.88. The Morgan fingerprint density at radius 2 is 2.14 bits per heavy atom. The van der Waals surface area contributed by atoms with Gasteiger partial charge in [0.2, 0.25) is 0 Å². The van der Waals surface area contributed by atoms with Crippen LogP contribution in [0, 0.1) is 0 Å². The van der Waals surface area contributed by atoms with Crippen molar-refractivity contribution in [2.45, 2.75) is 32.1 Å². The van der Waals surface area contributed by atoms with Gasteiger partial charge in [0.15, 0.2) is 0 Å². The van der Waals surface area contributed by atoms with Gasteiger partial charge in [-0.05, 0) is 25.0 Å². The molecule has 2 N–H and O–H groups in total. The number of halogens is 3. The monoisotopic (exact) mass is 206 g/mol. The topological polar surface area (TPSA) is 30.9 Å². The molecular weight excluding hydrogens is 193 g/mol. The molecule has 0 saturated heterocycles. The van der Waals surface area contributed by atoms with Gasteiger partial charge < -0.3 is 10.3 Å². The molecule has 0 amide bonds. The van der Waals surface area contributed by atoms with E-state index >= 15 is 0 Å². The van der Waals surface area contributed by atoms with E-state index in [1.807, 2.05) is 6.92 Å². The molecule has 0 aliphatic rings. The summed E-state index contributed by atoms with van der Waals surface area (Å²) in [5.41, 5.74) is 6.37. The first-order chi connectivity index (χ1) is 6.37. The van der Waals surface area contributed by atoms with E-state index in [9.17, 15) is 13.2 Å². The number of nitrogens with zero attached hydrogens (tertiary/aromatic N) is 1. The summed E-state index contributed by atoms with van der Waals surface area (Å²) in [6, 6.07) is 1.63. The molecule has 0 aromatic carbocycles. The average molecular weight is 206 g/mol. The maximum absolute atomic E-state index is 12.0. The molecule has 0 aliphatic carbocycles. The fourth-order valence-electron chi connectivity index (χ4n) is 1.29. The van der Waals surface area contributed by atoms with Crippen LogP contribution in [-0.2, 0) is 13.0 Å². The van der Waals surface area contributed by atoms with E-state index < -0.39 is 12.7 Å². The summed E-state index contributed by atoms with van der Waals surface area (Å²) >= 11 is 0. The van der Waals surface area contributed by atoms with Gasteiger partial charge in [0.1, 0.15) is 6.54 Å². The second kappa shape index (κ2) is 4.04. The van der Waals surface area contributed by atoms with Crippen LogP contribution in [0.15, 0.2) is 18.5 Å². The first-order valence-corrected chi connectivity index (χ1v) is 4.34. The van der Waals surface area contributed by atoms with Crippen molar-refractivity contribution >= 4 is 0 Å². The fraction of sp³-hybridized carbons (Fsp3) is 0.556. The highest BCUT2D eigenvalue weighted by atomic mass is 19.4. The van der Waals surface area contributed by atoms with Crippen LogP contribution in [0.5, 0.6) is 0 Å². The number of alkyl halides is 3. The summed E-state index contributed by atoms with van der Waals surface area (Å²) in [6.45, 7) is 0.882. The Morgan fingerprint density at radius 3 is 2.64 bits per heavy atom. The van der Waals surface area contributed by atoms with Gasteiger partial charge in [-0.3, -0.25) is 0 Å². The maximum Gasteiger partial charge on any atom is 0.406 e. The largest absolute Gasteiger partial charge is 0.406 e. The second-order valence-electron chi connectivity index (χ2n) is 3.49. The van der Waals surface area contributed by atoms with E-state index in [0.717, 1.165) is 10.1 Å². The molecule has 0 radical (unpaired) electrons. The molecule has 80 valence electrons. The molecule has 14 heavy (non-hydrogen) atoms. The van der Waals surface area contributed by atoms with Crippen molar-refractivity contribution in [3.8, 4) is 0 Å². The van der Waals surface area contributed by atoms with Gasteiger partial charge in [-0.25, -0.2) is 0 Å². The fourth-order valence-corrected chi connectivity index (χ4v) is 1.29. The molecule has 5 heteroatoms. The van der Waals surface area contributed by atoms with Crippen molar-refractivity contribution in [2.24, 2.45) is 5.73 Å². The van der Waals surface area contributed by atoms with Crippen LogP contribution >= 0.6 is 0 Å². The first-order valence-electron chi connectivity index (χ1n) is 4.34.